The normalized spacial score (nSPS) is 23.7. The maximum absolute atomic E-state index is 13.2. The molecule has 160 valence electrons. The Labute approximate surface area is 175 Å². The van der Waals surface area contributed by atoms with Gasteiger partial charge in [0.05, 0.1) is 30.4 Å². The summed E-state index contributed by atoms with van der Waals surface area (Å²) < 4.78 is 10.6. The molecule has 2 unspecified atom stereocenters. The maximum atomic E-state index is 13.2. The number of esters is 1. The lowest BCUT2D eigenvalue weighted by Gasteiger charge is -2.30. The number of hydrogen-bond acceptors (Lipinski definition) is 6. The predicted molar refractivity (Wildman–Crippen MR) is 107 cm³/mol. The van der Waals surface area contributed by atoms with Crippen molar-refractivity contribution in [3.8, 4) is 0 Å². The molecule has 0 spiro atoms. The van der Waals surface area contributed by atoms with Crippen LogP contribution < -0.4 is 4.90 Å². The number of benzene rings is 1. The summed E-state index contributed by atoms with van der Waals surface area (Å²) in [6.07, 6.45) is 3.32. The lowest BCUT2D eigenvalue weighted by Crippen LogP contribution is -2.49. The first-order valence-corrected chi connectivity index (χ1v) is 10.6. The van der Waals surface area contributed by atoms with Crippen LogP contribution in [0, 0.1) is 5.92 Å². The summed E-state index contributed by atoms with van der Waals surface area (Å²) in [4.78, 5) is 53.3. The van der Waals surface area contributed by atoms with Crippen molar-refractivity contribution in [1.82, 2.24) is 4.90 Å². The van der Waals surface area contributed by atoms with Crippen LogP contribution in [-0.4, -0.2) is 60.5 Å². The van der Waals surface area contributed by atoms with Crippen molar-refractivity contribution in [2.24, 2.45) is 5.92 Å². The van der Waals surface area contributed by atoms with Crippen LogP contribution in [0.3, 0.4) is 0 Å². The number of rotatable bonds is 7. The van der Waals surface area contributed by atoms with Crippen molar-refractivity contribution < 1.29 is 28.7 Å². The zero-order valence-corrected chi connectivity index (χ0v) is 17.0. The van der Waals surface area contributed by atoms with E-state index in [1.807, 2.05) is 0 Å². The Morgan fingerprint density at radius 2 is 1.90 bits per heavy atom. The van der Waals surface area contributed by atoms with Crippen LogP contribution in [0.5, 0.6) is 0 Å². The number of carbonyl (C=O) groups is 4. The molecular weight excluding hydrogens is 388 g/mol. The standard InChI is InChI=1S/C22H26N2O6/c1-2-29-22(28)15-7-9-16(10-8-15)24-19(25)12-18(21(24)27)23(20(26)14-5-6-14)13-17-4-3-11-30-17/h7-10,14,17-18H,2-6,11-13H2,1H3. The number of ether oxygens (including phenoxy) is 2. The monoisotopic (exact) mass is 414 g/mol. The molecule has 1 aromatic carbocycles. The van der Waals surface area contributed by atoms with Crippen LogP contribution in [0.4, 0.5) is 5.69 Å². The van der Waals surface area contributed by atoms with Gasteiger partial charge in [-0.25, -0.2) is 9.69 Å². The molecule has 0 N–H and O–H groups in total. The highest BCUT2D eigenvalue weighted by Gasteiger charge is 2.47. The topological polar surface area (TPSA) is 93.2 Å². The molecular formula is C22H26N2O6. The number of amides is 3. The molecule has 0 bridgehead atoms. The lowest BCUT2D eigenvalue weighted by molar-refractivity contribution is -0.141. The van der Waals surface area contributed by atoms with E-state index in [1.54, 1.807) is 24.0 Å². The summed E-state index contributed by atoms with van der Waals surface area (Å²) in [6, 6.07) is 5.36. The van der Waals surface area contributed by atoms with Crippen LogP contribution in [0.1, 0.15) is 49.4 Å². The molecule has 8 heteroatoms. The van der Waals surface area contributed by atoms with Gasteiger partial charge in [-0.2, -0.15) is 0 Å². The van der Waals surface area contributed by atoms with E-state index in [9.17, 15) is 19.2 Å². The number of carbonyl (C=O) groups excluding carboxylic acids is 4. The van der Waals surface area contributed by atoms with Gasteiger partial charge in [-0.05, 0) is 56.9 Å². The van der Waals surface area contributed by atoms with Gasteiger partial charge in [-0.3, -0.25) is 14.4 Å². The molecule has 30 heavy (non-hydrogen) atoms. The fourth-order valence-electron chi connectivity index (χ4n) is 4.03. The second kappa shape index (κ2) is 8.55. The molecule has 1 aromatic rings. The van der Waals surface area contributed by atoms with Gasteiger partial charge < -0.3 is 14.4 Å². The quantitative estimate of drug-likeness (QED) is 0.500. The second-order valence-electron chi connectivity index (χ2n) is 7.95. The number of imide groups is 1. The van der Waals surface area contributed by atoms with Crippen molar-refractivity contribution in [2.45, 2.75) is 51.2 Å². The fourth-order valence-corrected chi connectivity index (χ4v) is 4.03. The highest BCUT2D eigenvalue weighted by atomic mass is 16.5. The molecule has 1 saturated carbocycles. The number of anilines is 1. The Balaban J connectivity index is 1.52. The molecule has 2 atom stereocenters. The second-order valence-corrected chi connectivity index (χ2v) is 7.95. The highest BCUT2D eigenvalue weighted by Crippen LogP contribution is 2.34. The third kappa shape index (κ3) is 4.09. The van der Waals surface area contributed by atoms with Crippen molar-refractivity contribution in [2.75, 3.05) is 24.7 Å². The number of nitrogens with zero attached hydrogens (tertiary/aromatic N) is 2. The Hall–Kier alpha value is -2.74. The van der Waals surface area contributed by atoms with Gasteiger partial charge in [0.15, 0.2) is 0 Å². The highest BCUT2D eigenvalue weighted by molar-refractivity contribution is 6.23. The van der Waals surface area contributed by atoms with Crippen molar-refractivity contribution >= 4 is 29.4 Å². The van der Waals surface area contributed by atoms with E-state index >= 15 is 0 Å². The predicted octanol–water partition coefficient (Wildman–Crippen LogP) is 1.91. The zero-order chi connectivity index (χ0) is 21.3. The van der Waals surface area contributed by atoms with Gasteiger partial charge in [0, 0.05) is 19.1 Å². The molecule has 3 amide bonds. The minimum Gasteiger partial charge on any atom is -0.462 e. The molecule has 8 nitrogen and oxygen atoms in total. The van der Waals surface area contributed by atoms with Crippen LogP contribution in [-0.2, 0) is 23.9 Å². The summed E-state index contributed by atoms with van der Waals surface area (Å²) >= 11 is 0. The third-order valence-electron chi connectivity index (χ3n) is 5.77. The molecule has 4 rings (SSSR count). The SMILES string of the molecule is CCOC(=O)c1ccc(N2C(=O)CC(N(CC3CCCO3)C(=O)C3CC3)C2=O)cc1. The summed E-state index contributed by atoms with van der Waals surface area (Å²) in [7, 11) is 0. The minimum absolute atomic E-state index is 0.0381. The maximum Gasteiger partial charge on any atom is 0.338 e. The van der Waals surface area contributed by atoms with Gasteiger partial charge in [-0.1, -0.05) is 0 Å². The van der Waals surface area contributed by atoms with Crippen molar-refractivity contribution in [3.05, 3.63) is 29.8 Å². The Kier molecular flexibility index (Phi) is 5.85. The first kappa shape index (κ1) is 20.5. The molecule has 2 saturated heterocycles. The Morgan fingerprint density at radius 3 is 2.50 bits per heavy atom. The van der Waals surface area contributed by atoms with Gasteiger partial charge in [0.25, 0.3) is 5.91 Å². The first-order valence-electron chi connectivity index (χ1n) is 10.6. The molecule has 0 aromatic heterocycles. The summed E-state index contributed by atoms with van der Waals surface area (Å²) in [5.74, 6) is -1.33. The van der Waals surface area contributed by atoms with Crippen LogP contribution in [0.25, 0.3) is 0 Å². The summed E-state index contributed by atoms with van der Waals surface area (Å²) in [6.45, 7) is 2.99. The van der Waals surface area contributed by atoms with E-state index in [0.29, 0.717) is 24.4 Å². The molecule has 3 aliphatic rings. The molecule has 2 heterocycles. The van der Waals surface area contributed by atoms with Crippen molar-refractivity contribution in [1.29, 1.82) is 0 Å². The van der Waals surface area contributed by atoms with Gasteiger partial charge in [-0.15, -0.1) is 0 Å². The van der Waals surface area contributed by atoms with Crippen LogP contribution in [0.15, 0.2) is 24.3 Å². The molecule has 2 aliphatic heterocycles. The molecule has 1 aliphatic carbocycles. The van der Waals surface area contributed by atoms with Gasteiger partial charge >= 0.3 is 5.97 Å². The molecule has 3 fully saturated rings. The van der Waals surface area contributed by atoms with Crippen LogP contribution >= 0.6 is 0 Å². The smallest absolute Gasteiger partial charge is 0.338 e. The zero-order valence-electron chi connectivity index (χ0n) is 17.0. The van der Waals surface area contributed by atoms with E-state index in [0.717, 1.165) is 30.6 Å². The summed E-state index contributed by atoms with van der Waals surface area (Å²) in [5.41, 5.74) is 0.733. The average molecular weight is 414 g/mol. The number of hydrogen-bond donors (Lipinski definition) is 0. The van der Waals surface area contributed by atoms with E-state index in [4.69, 9.17) is 9.47 Å². The third-order valence-corrected chi connectivity index (χ3v) is 5.77. The average Bonchev–Trinajstić information content (AvgIpc) is 3.38. The van der Waals surface area contributed by atoms with Crippen molar-refractivity contribution in [3.63, 3.8) is 0 Å². The van der Waals surface area contributed by atoms with Gasteiger partial charge in [0.1, 0.15) is 6.04 Å². The molecule has 0 radical (unpaired) electrons. The Bertz CT molecular complexity index is 842. The van der Waals surface area contributed by atoms with E-state index in [2.05, 4.69) is 0 Å². The summed E-state index contributed by atoms with van der Waals surface area (Å²) in [5, 5.41) is 0. The van der Waals surface area contributed by atoms with E-state index in [1.165, 1.54) is 12.1 Å². The fraction of sp³-hybridized carbons (Fsp3) is 0.545. The Morgan fingerprint density at radius 1 is 1.17 bits per heavy atom. The van der Waals surface area contributed by atoms with E-state index in [-0.39, 0.29) is 36.9 Å². The van der Waals surface area contributed by atoms with Gasteiger partial charge in [0.2, 0.25) is 11.8 Å². The lowest BCUT2D eigenvalue weighted by atomic mass is 10.1. The largest absolute Gasteiger partial charge is 0.462 e. The van der Waals surface area contributed by atoms with Crippen LogP contribution in [0.2, 0.25) is 0 Å². The minimum atomic E-state index is -0.806. The van der Waals surface area contributed by atoms with E-state index < -0.39 is 17.9 Å². The first-order chi connectivity index (χ1) is 14.5.